The fourth-order valence-corrected chi connectivity index (χ4v) is 3.32. The van der Waals surface area contributed by atoms with Crippen molar-refractivity contribution in [3.8, 4) is 0 Å². The number of fused-ring (bicyclic) bond motifs is 1. The van der Waals surface area contributed by atoms with E-state index in [1.165, 1.54) is 30.6 Å². The number of hydrazine groups is 1. The van der Waals surface area contributed by atoms with Crippen molar-refractivity contribution < 1.29 is 0 Å². The van der Waals surface area contributed by atoms with Crippen molar-refractivity contribution in [3.05, 3.63) is 10.9 Å². The van der Waals surface area contributed by atoms with Gasteiger partial charge < -0.3 is 5.32 Å². The Kier molecular flexibility index (Phi) is 4.03. The van der Waals surface area contributed by atoms with Crippen molar-refractivity contribution in [3.63, 3.8) is 0 Å². The predicted octanol–water partition coefficient (Wildman–Crippen LogP) is 3.14. The van der Waals surface area contributed by atoms with E-state index >= 15 is 0 Å². The highest BCUT2D eigenvalue weighted by Crippen LogP contribution is 2.34. The number of nitrogen functional groups attached to an aromatic ring is 1. The van der Waals surface area contributed by atoms with Crippen molar-refractivity contribution in [2.45, 2.75) is 39.0 Å². The van der Waals surface area contributed by atoms with Gasteiger partial charge in [0.15, 0.2) is 0 Å². The van der Waals surface area contributed by atoms with E-state index in [0.29, 0.717) is 5.95 Å². The molecular formula is C14H21N5S. The number of thiophene rings is 1. The topological polar surface area (TPSA) is 75.9 Å². The van der Waals surface area contributed by atoms with E-state index in [4.69, 9.17) is 5.84 Å². The van der Waals surface area contributed by atoms with Gasteiger partial charge in [0.05, 0.1) is 5.39 Å². The monoisotopic (exact) mass is 291 g/mol. The molecule has 0 bridgehead atoms. The maximum atomic E-state index is 5.45. The van der Waals surface area contributed by atoms with Gasteiger partial charge in [-0.25, -0.2) is 10.8 Å². The van der Waals surface area contributed by atoms with Gasteiger partial charge >= 0.3 is 0 Å². The number of nitrogens with two attached hydrogens (primary N) is 1. The van der Waals surface area contributed by atoms with E-state index in [1.54, 1.807) is 11.3 Å². The van der Waals surface area contributed by atoms with Crippen molar-refractivity contribution in [1.29, 1.82) is 0 Å². The van der Waals surface area contributed by atoms with Crippen LogP contribution in [0.15, 0.2) is 6.07 Å². The lowest BCUT2D eigenvalue weighted by molar-refractivity contribution is 0.687. The molecule has 108 valence electrons. The third kappa shape index (κ3) is 3.02. The quantitative estimate of drug-likeness (QED) is 0.415. The Balaban J connectivity index is 1.76. The summed E-state index contributed by atoms with van der Waals surface area (Å²) in [6.45, 7) is 3.12. The Hall–Kier alpha value is -1.40. The van der Waals surface area contributed by atoms with Gasteiger partial charge in [-0.05, 0) is 31.2 Å². The molecule has 2 aromatic rings. The summed E-state index contributed by atoms with van der Waals surface area (Å²) < 4.78 is 0. The first kappa shape index (κ1) is 13.6. The van der Waals surface area contributed by atoms with Crippen LogP contribution in [0.3, 0.4) is 0 Å². The van der Waals surface area contributed by atoms with Crippen molar-refractivity contribution in [1.82, 2.24) is 9.97 Å². The molecule has 4 N–H and O–H groups in total. The summed E-state index contributed by atoms with van der Waals surface area (Å²) in [5, 5.41) is 4.55. The first-order chi connectivity index (χ1) is 9.80. The molecule has 1 aliphatic rings. The summed E-state index contributed by atoms with van der Waals surface area (Å²) in [4.78, 5) is 11.2. The van der Waals surface area contributed by atoms with Gasteiger partial charge in [-0.1, -0.05) is 19.8 Å². The number of hydrogen-bond acceptors (Lipinski definition) is 6. The van der Waals surface area contributed by atoms with E-state index in [-0.39, 0.29) is 0 Å². The van der Waals surface area contributed by atoms with E-state index in [9.17, 15) is 0 Å². The van der Waals surface area contributed by atoms with Gasteiger partial charge in [-0.15, -0.1) is 11.3 Å². The van der Waals surface area contributed by atoms with Crippen LogP contribution in [0.4, 0.5) is 11.8 Å². The minimum Gasteiger partial charge on any atom is -0.369 e. The maximum absolute atomic E-state index is 5.45. The second-order valence-electron chi connectivity index (χ2n) is 5.34. The molecule has 0 aromatic carbocycles. The number of nitrogens with one attached hydrogen (secondary N) is 2. The molecule has 2 aromatic heterocycles. The molecule has 5 nitrogen and oxygen atoms in total. The van der Waals surface area contributed by atoms with E-state index < -0.39 is 0 Å². The summed E-state index contributed by atoms with van der Waals surface area (Å²) >= 11 is 1.71. The summed E-state index contributed by atoms with van der Waals surface area (Å²) in [5.74, 6) is 7.81. The van der Waals surface area contributed by atoms with E-state index in [1.807, 2.05) is 0 Å². The molecule has 2 heterocycles. The normalized spacial score (nSPS) is 14.7. The molecule has 0 radical (unpaired) electrons. The number of aryl methyl sites for hydroxylation is 1. The van der Waals surface area contributed by atoms with Crippen LogP contribution in [0.5, 0.6) is 0 Å². The largest absolute Gasteiger partial charge is 0.369 e. The van der Waals surface area contributed by atoms with Gasteiger partial charge in [0.25, 0.3) is 0 Å². The lowest BCUT2D eigenvalue weighted by Gasteiger charge is -2.08. The lowest BCUT2D eigenvalue weighted by Crippen LogP contribution is -2.12. The van der Waals surface area contributed by atoms with E-state index in [2.05, 4.69) is 33.7 Å². The molecule has 6 heteroatoms. The van der Waals surface area contributed by atoms with Crippen LogP contribution in [-0.2, 0) is 6.42 Å². The Morgan fingerprint density at radius 1 is 1.40 bits per heavy atom. The molecule has 3 rings (SSSR count). The predicted molar refractivity (Wildman–Crippen MR) is 85.1 cm³/mol. The zero-order chi connectivity index (χ0) is 13.9. The van der Waals surface area contributed by atoms with Gasteiger partial charge in [0.2, 0.25) is 5.95 Å². The van der Waals surface area contributed by atoms with Crippen LogP contribution >= 0.6 is 11.3 Å². The summed E-state index contributed by atoms with van der Waals surface area (Å²) in [7, 11) is 0. The smallest absolute Gasteiger partial charge is 0.240 e. The third-order valence-corrected chi connectivity index (χ3v) is 4.87. The summed E-state index contributed by atoms with van der Waals surface area (Å²) in [6, 6.07) is 2.18. The molecule has 1 fully saturated rings. The number of rotatable bonds is 7. The second-order valence-corrected chi connectivity index (χ2v) is 6.45. The van der Waals surface area contributed by atoms with Crippen LogP contribution in [0, 0.1) is 5.92 Å². The average molecular weight is 291 g/mol. The standard InChI is InChI=1S/C14H21N5S/c1-2-10-8-11-12(16-7-3-4-9-5-6-9)17-14(19-15)18-13(11)20-10/h8-9H,2-7,15H2,1H3,(H2,16,17,18,19). The molecule has 0 aliphatic heterocycles. The Labute approximate surface area is 123 Å². The zero-order valence-corrected chi connectivity index (χ0v) is 12.6. The Morgan fingerprint density at radius 2 is 2.25 bits per heavy atom. The minimum absolute atomic E-state index is 0.478. The number of nitrogens with zero attached hydrogens (tertiary/aromatic N) is 2. The van der Waals surface area contributed by atoms with Crippen molar-refractivity contribution in [2.24, 2.45) is 11.8 Å². The molecule has 20 heavy (non-hydrogen) atoms. The van der Waals surface area contributed by atoms with Crippen LogP contribution in [-0.4, -0.2) is 16.5 Å². The molecular weight excluding hydrogens is 270 g/mol. The highest BCUT2D eigenvalue weighted by molar-refractivity contribution is 7.18. The van der Waals surface area contributed by atoms with Gasteiger partial charge in [-0.3, -0.25) is 5.43 Å². The summed E-state index contributed by atoms with van der Waals surface area (Å²) in [5.41, 5.74) is 2.55. The zero-order valence-electron chi connectivity index (χ0n) is 11.8. The van der Waals surface area contributed by atoms with Gasteiger partial charge in [0.1, 0.15) is 10.6 Å². The lowest BCUT2D eigenvalue weighted by atomic mass is 10.2. The molecule has 0 unspecified atom stereocenters. The van der Waals surface area contributed by atoms with Gasteiger partial charge in [0, 0.05) is 11.4 Å². The average Bonchev–Trinajstić information content (AvgIpc) is 3.20. The van der Waals surface area contributed by atoms with Crippen LogP contribution < -0.4 is 16.6 Å². The minimum atomic E-state index is 0.478. The highest BCUT2D eigenvalue weighted by Gasteiger charge is 2.20. The number of anilines is 2. The molecule has 1 saturated carbocycles. The summed E-state index contributed by atoms with van der Waals surface area (Å²) in [6.07, 6.45) is 6.39. The molecule has 1 aliphatic carbocycles. The SMILES string of the molecule is CCc1cc2c(NCCCC3CC3)nc(NN)nc2s1. The second kappa shape index (κ2) is 5.93. The number of hydrogen-bond donors (Lipinski definition) is 3. The van der Waals surface area contributed by atoms with Crippen molar-refractivity contribution >= 4 is 33.3 Å². The Morgan fingerprint density at radius 3 is 2.95 bits per heavy atom. The van der Waals surface area contributed by atoms with E-state index in [0.717, 1.165) is 34.9 Å². The molecule has 0 saturated heterocycles. The number of aromatic nitrogens is 2. The molecule has 0 atom stereocenters. The van der Waals surface area contributed by atoms with Crippen LogP contribution in [0.25, 0.3) is 10.2 Å². The first-order valence-corrected chi connectivity index (χ1v) is 8.12. The van der Waals surface area contributed by atoms with Crippen LogP contribution in [0.2, 0.25) is 0 Å². The fraction of sp³-hybridized carbons (Fsp3) is 0.571. The highest BCUT2D eigenvalue weighted by atomic mass is 32.1. The van der Waals surface area contributed by atoms with Gasteiger partial charge in [-0.2, -0.15) is 4.98 Å². The first-order valence-electron chi connectivity index (χ1n) is 7.31. The molecule has 0 spiro atoms. The fourth-order valence-electron chi connectivity index (χ4n) is 2.35. The van der Waals surface area contributed by atoms with Crippen LogP contribution in [0.1, 0.15) is 37.5 Å². The maximum Gasteiger partial charge on any atom is 0.240 e. The Bertz CT molecular complexity index is 591. The van der Waals surface area contributed by atoms with Crippen molar-refractivity contribution in [2.75, 3.05) is 17.3 Å². The third-order valence-electron chi connectivity index (χ3n) is 3.70. The molecule has 0 amide bonds.